The number of hydrogen-bond acceptors (Lipinski definition) is 5. The van der Waals surface area contributed by atoms with Crippen molar-refractivity contribution in [3.8, 4) is 11.5 Å². The lowest BCUT2D eigenvalue weighted by atomic mass is 10.1. The number of nitrogens with one attached hydrogen (secondary N) is 1. The number of rotatable bonds is 12. The van der Waals surface area contributed by atoms with E-state index >= 15 is 0 Å². The zero-order valence-corrected chi connectivity index (χ0v) is 29.4. The van der Waals surface area contributed by atoms with E-state index in [0.29, 0.717) is 27.1 Å². The zero-order valence-electron chi connectivity index (χ0n) is 27.0. The first-order chi connectivity index (χ1) is 22.2. The van der Waals surface area contributed by atoms with E-state index in [1.54, 1.807) is 61.5 Å². The second-order valence-electron chi connectivity index (χ2n) is 12.2. The molecule has 0 fully saturated rings. The monoisotopic (exact) mass is 695 g/mol. The minimum absolute atomic E-state index is 0.00589. The number of para-hydroxylation sites is 1. The van der Waals surface area contributed by atoms with Crippen LogP contribution < -0.4 is 14.4 Å². The number of amides is 2. The smallest absolute Gasteiger partial charge is 0.264 e. The van der Waals surface area contributed by atoms with E-state index in [1.165, 1.54) is 17.0 Å². The first kappa shape index (κ1) is 35.8. The molecule has 4 aromatic rings. The van der Waals surface area contributed by atoms with Crippen LogP contribution in [0.5, 0.6) is 11.5 Å². The second-order valence-corrected chi connectivity index (χ2v) is 14.8. The number of benzene rings is 4. The number of halogens is 2. The van der Waals surface area contributed by atoms with Crippen molar-refractivity contribution < 1.29 is 22.7 Å². The van der Waals surface area contributed by atoms with Crippen molar-refractivity contribution in [2.45, 2.75) is 64.1 Å². The van der Waals surface area contributed by atoms with Gasteiger partial charge in [-0.15, -0.1) is 0 Å². The van der Waals surface area contributed by atoms with E-state index in [-0.39, 0.29) is 29.5 Å². The summed E-state index contributed by atoms with van der Waals surface area (Å²) in [6, 6.07) is 26.1. The molecule has 0 saturated heterocycles. The Kier molecular flexibility index (Phi) is 11.6. The number of anilines is 1. The van der Waals surface area contributed by atoms with Crippen LogP contribution >= 0.6 is 23.2 Å². The van der Waals surface area contributed by atoms with Crippen molar-refractivity contribution in [3.63, 3.8) is 0 Å². The third-order valence-corrected chi connectivity index (χ3v) is 9.74. The predicted octanol–water partition coefficient (Wildman–Crippen LogP) is 8.01. The van der Waals surface area contributed by atoms with E-state index in [2.05, 4.69) is 5.32 Å². The summed E-state index contributed by atoms with van der Waals surface area (Å²) in [6.45, 7) is 8.63. The number of carbonyl (C=O) groups is 2. The van der Waals surface area contributed by atoms with Crippen LogP contribution in [0, 0.1) is 6.92 Å². The van der Waals surface area contributed by atoms with E-state index < -0.39 is 34.1 Å². The molecule has 0 aromatic heterocycles. The summed E-state index contributed by atoms with van der Waals surface area (Å²) in [5.41, 5.74) is 1.20. The van der Waals surface area contributed by atoms with Gasteiger partial charge in [0.2, 0.25) is 11.8 Å². The zero-order chi connectivity index (χ0) is 34.4. The van der Waals surface area contributed by atoms with E-state index in [4.69, 9.17) is 27.9 Å². The maximum atomic E-state index is 14.3. The second kappa shape index (κ2) is 15.2. The molecule has 1 N–H and O–H groups in total. The van der Waals surface area contributed by atoms with Crippen LogP contribution in [0.2, 0.25) is 10.0 Å². The average molecular weight is 697 g/mol. The Labute approximate surface area is 287 Å². The summed E-state index contributed by atoms with van der Waals surface area (Å²) >= 11 is 12.4. The molecular formula is C36H39Cl2N3O5S. The molecule has 0 spiro atoms. The van der Waals surface area contributed by atoms with Crippen LogP contribution in [0.25, 0.3) is 0 Å². The van der Waals surface area contributed by atoms with Crippen molar-refractivity contribution in [3.05, 3.63) is 118 Å². The van der Waals surface area contributed by atoms with Crippen LogP contribution in [0.3, 0.4) is 0 Å². The molecule has 0 unspecified atom stereocenters. The van der Waals surface area contributed by atoms with Gasteiger partial charge in [0.05, 0.1) is 20.6 Å². The van der Waals surface area contributed by atoms with Crippen molar-refractivity contribution in [1.82, 2.24) is 10.2 Å². The lowest BCUT2D eigenvalue weighted by Crippen LogP contribution is -2.55. The average Bonchev–Trinajstić information content (AvgIpc) is 3.01. The fourth-order valence-corrected chi connectivity index (χ4v) is 6.61. The van der Waals surface area contributed by atoms with Crippen LogP contribution in [0.4, 0.5) is 5.69 Å². The first-order valence-electron chi connectivity index (χ1n) is 15.2. The Balaban J connectivity index is 1.75. The van der Waals surface area contributed by atoms with Crippen molar-refractivity contribution in [1.29, 1.82) is 0 Å². The molecular weight excluding hydrogens is 657 g/mol. The van der Waals surface area contributed by atoms with Crippen molar-refractivity contribution >= 4 is 50.7 Å². The number of ether oxygens (including phenoxy) is 1. The Morgan fingerprint density at radius 3 is 2.04 bits per heavy atom. The Bertz CT molecular complexity index is 1790. The SMILES string of the molecule is CC[C@H](C(=O)NC(C)(C)C)N(Cc1ccc(Cl)c(Cl)c1)C(=O)CN(c1ccc(Oc2ccccc2)cc1)S(=O)(=O)c1ccc(C)cc1. The van der Waals surface area contributed by atoms with Gasteiger partial charge in [-0.25, -0.2) is 8.42 Å². The molecule has 0 heterocycles. The Morgan fingerprint density at radius 2 is 1.47 bits per heavy atom. The third kappa shape index (κ3) is 9.50. The third-order valence-electron chi connectivity index (χ3n) is 7.21. The quantitative estimate of drug-likeness (QED) is 0.162. The highest BCUT2D eigenvalue weighted by Gasteiger charge is 2.34. The summed E-state index contributed by atoms with van der Waals surface area (Å²) in [5, 5.41) is 3.60. The van der Waals surface area contributed by atoms with Gasteiger partial charge in [-0.1, -0.05) is 72.1 Å². The molecule has 0 radical (unpaired) electrons. The lowest BCUT2D eigenvalue weighted by molar-refractivity contribution is -0.141. The van der Waals surface area contributed by atoms with Gasteiger partial charge in [-0.05, 0) is 100 Å². The largest absolute Gasteiger partial charge is 0.457 e. The summed E-state index contributed by atoms with van der Waals surface area (Å²) in [7, 11) is -4.23. The molecule has 1 atom stereocenters. The van der Waals surface area contributed by atoms with Gasteiger partial charge in [0.1, 0.15) is 24.1 Å². The number of sulfonamides is 1. The Hall–Kier alpha value is -4.05. The minimum Gasteiger partial charge on any atom is -0.457 e. The van der Waals surface area contributed by atoms with Crippen LogP contribution in [0.15, 0.2) is 102 Å². The van der Waals surface area contributed by atoms with Gasteiger partial charge in [0.25, 0.3) is 10.0 Å². The highest BCUT2D eigenvalue weighted by atomic mass is 35.5. The van der Waals surface area contributed by atoms with Gasteiger partial charge in [0, 0.05) is 12.1 Å². The molecule has 2 amide bonds. The summed E-state index contributed by atoms with van der Waals surface area (Å²) < 4.78 is 35.3. The first-order valence-corrected chi connectivity index (χ1v) is 17.4. The summed E-state index contributed by atoms with van der Waals surface area (Å²) in [4.78, 5) is 29.3. The van der Waals surface area contributed by atoms with Gasteiger partial charge >= 0.3 is 0 Å². The molecule has 0 bridgehead atoms. The number of hydrogen-bond donors (Lipinski definition) is 1. The van der Waals surface area contributed by atoms with Gasteiger partial charge in [-0.2, -0.15) is 0 Å². The minimum atomic E-state index is -4.23. The van der Waals surface area contributed by atoms with Crippen molar-refractivity contribution in [2.24, 2.45) is 0 Å². The van der Waals surface area contributed by atoms with Gasteiger partial charge < -0.3 is 15.0 Å². The van der Waals surface area contributed by atoms with Gasteiger partial charge in [-0.3, -0.25) is 13.9 Å². The molecule has 0 aliphatic heterocycles. The summed E-state index contributed by atoms with van der Waals surface area (Å²) in [5.74, 6) is 0.179. The number of nitrogens with zero attached hydrogens (tertiary/aromatic N) is 2. The summed E-state index contributed by atoms with van der Waals surface area (Å²) in [6.07, 6.45) is 0.283. The molecule has 4 aromatic carbocycles. The van der Waals surface area contributed by atoms with E-state index in [1.807, 2.05) is 58.0 Å². The molecule has 0 aliphatic rings. The fourth-order valence-electron chi connectivity index (χ4n) is 4.88. The standard InChI is InChI=1S/C36H39Cl2N3O5S/c1-6-33(35(43)39-36(3,4)5)40(23-26-14-21-31(37)32(38)22-26)34(42)24-41(47(44,45)30-19-12-25(2)13-20-30)27-15-17-29(18-16-27)46-28-10-8-7-9-11-28/h7-22,33H,6,23-24H2,1-5H3,(H,39,43)/t33-/m1/s1. The highest BCUT2D eigenvalue weighted by molar-refractivity contribution is 7.92. The maximum absolute atomic E-state index is 14.3. The molecule has 47 heavy (non-hydrogen) atoms. The molecule has 0 aliphatic carbocycles. The van der Waals surface area contributed by atoms with E-state index in [9.17, 15) is 18.0 Å². The highest BCUT2D eigenvalue weighted by Crippen LogP contribution is 2.29. The molecule has 4 rings (SSSR count). The van der Waals surface area contributed by atoms with Gasteiger partial charge in [0.15, 0.2) is 0 Å². The van der Waals surface area contributed by atoms with Crippen LogP contribution in [-0.2, 0) is 26.2 Å². The Morgan fingerprint density at radius 1 is 0.851 bits per heavy atom. The van der Waals surface area contributed by atoms with Crippen molar-refractivity contribution in [2.75, 3.05) is 10.8 Å². The molecule has 248 valence electrons. The van der Waals surface area contributed by atoms with Crippen LogP contribution in [0.1, 0.15) is 45.2 Å². The number of aryl methyl sites for hydroxylation is 1. The predicted molar refractivity (Wildman–Crippen MR) is 188 cm³/mol. The van der Waals surface area contributed by atoms with Crippen LogP contribution in [-0.4, -0.2) is 43.3 Å². The maximum Gasteiger partial charge on any atom is 0.264 e. The van der Waals surface area contributed by atoms with E-state index in [0.717, 1.165) is 9.87 Å². The molecule has 11 heteroatoms. The lowest BCUT2D eigenvalue weighted by Gasteiger charge is -2.35. The fraction of sp³-hybridized carbons (Fsp3) is 0.278. The molecule has 8 nitrogen and oxygen atoms in total. The molecule has 0 saturated carbocycles. The topological polar surface area (TPSA) is 96.0 Å². The number of carbonyl (C=O) groups excluding carboxylic acids is 2. The normalized spacial score (nSPS) is 12.2.